The van der Waals surface area contributed by atoms with Gasteiger partial charge in [0, 0.05) is 36.2 Å². The molecule has 0 fully saturated rings. The van der Waals surface area contributed by atoms with Crippen molar-refractivity contribution in [3.8, 4) is 17.2 Å². The van der Waals surface area contributed by atoms with E-state index in [2.05, 4.69) is 10.3 Å². The van der Waals surface area contributed by atoms with Gasteiger partial charge in [0.15, 0.2) is 17.5 Å². The first kappa shape index (κ1) is 17.7. The minimum atomic E-state index is -1.54. The van der Waals surface area contributed by atoms with Crippen molar-refractivity contribution in [2.75, 3.05) is 25.6 Å². The Bertz CT molecular complexity index is 998. The van der Waals surface area contributed by atoms with Crippen LogP contribution in [0.25, 0.3) is 21.9 Å². The van der Waals surface area contributed by atoms with Gasteiger partial charge in [0.2, 0.25) is 0 Å². The van der Waals surface area contributed by atoms with Gasteiger partial charge in [0.1, 0.15) is 5.82 Å². The van der Waals surface area contributed by atoms with E-state index in [9.17, 15) is 13.2 Å². The minimum absolute atomic E-state index is 0.0801. The summed E-state index contributed by atoms with van der Waals surface area (Å²) in [6.45, 7) is 0.738. The van der Waals surface area contributed by atoms with E-state index in [0.717, 1.165) is 6.07 Å². The van der Waals surface area contributed by atoms with Crippen molar-refractivity contribution in [1.29, 1.82) is 5.26 Å². The Kier molecular flexibility index (Phi) is 5.05. The molecule has 0 aliphatic heterocycles. The summed E-state index contributed by atoms with van der Waals surface area (Å²) in [6.07, 6.45) is 1.39. The van der Waals surface area contributed by atoms with Crippen molar-refractivity contribution in [2.24, 2.45) is 0 Å². The molecule has 26 heavy (non-hydrogen) atoms. The van der Waals surface area contributed by atoms with Crippen LogP contribution in [0, 0.1) is 28.8 Å². The van der Waals surface area contributed by atoms with Crippen LogP contribution in [0.2, 0.25) is 0 Å². The minimum Gasteiger partial charge on any atom is -0.383 e. The molecule has 0 aliphatic carbocycles. The second-order valence-electron chi connectivity index (χ2n) is 5.54. The van der Waals surface area contributed by atoms with Crippen molar-refractivity contribution in [1.82, 2.24) is 4.98 Å². The maximum atomic E-state index is 14.6. The molecule has 0 atom stereocenters. The lowest BCUT2D eigenvalue weighted by atomic mass is 9.98. The quantitative estimate of drug-likeness (QED) is 0.548. The van der Waals surface area contributed by atoms with E-state index in [4.69, 9.17) is 10.00 Å². The molecule has 7 heteroatoms. The predicted molar refractivity (Wildman–Crippen MR) is 92.1 cm³/mol. The molecule has 0 bridgehead atoms. The molecule has 0 radical (unpaired) electrons. The van der Waals surface area contributed by atoms with E-state index in [0.29, 0.717) is 29.8 Å². The van der Waals surface area contributed by atoms with Crippen molar-refractivity contribution in [2.45, 2.75) is 0 Å². The maximum Gasteiger partial charge on any atom is 0.195 e. The average molecular weight is 357 g/mol. The summed E-state index contributed by atoms with van der Waals surface area (Å²) in [5.41, 5.74) is 1.27. The third kappa shape index (κ3) is 3.19. The number of nitrogens with one attached hydrogen (secondary N) is 1. The van der Waals surface area contributed by atoms with Gasteiger partial charge in [-0.15, -0.1) is 0 Å². The fourth-order valence-corrected chi connectivity index (χ4v) is 2.66. The summed E-state index contributed by atoms with van der Waals surface area (Å²) < 4.78 is 47.1. The molecule has 1 aromatic heterocycles. The number of fused-ring (bicyclic) bond motifs is 1. The number of hydrogen-bond acceptors (Lipinski definition) is 4. The number of halogens is 3. The zero-order chi connectivity index (χ0) is 18.7. The van der Waals surface area contributed by atoms with Gasteiger partial charge in [-0.25, -0.2) is 18.2 Å². The highest BCUT2D eigenvalue weighted by Crippen LogP contribution is 2.35. The zero-order valence-corrected chi connectivity index (χ0v) is 13.8. The van der Waals surface area contributed by atoms with E-state index in [-0.39, 0.29) is 16.6 Å². The summed E-state index contributed by atoms with van der Waals surface area (Å²) >= 11 is 0. The van der Waals surface area contributed by atoms with Crippen LogP contribution in [0.4, 0.5) is 19.0 Å². The summed E-state index contributed by atoms with van der Waals surface area (Å²) in [5, 5.41) is 11.9. The number of rotatable bonds is 5. The van der Waals surface area contributed by atoms with Gasteiger partial charge >= 0.3 is 0 Å². The molecule has 3 rings (SSSR count). The summed E-state index contributed by atoms with van der Waals surface area (Å²) in [7, 11) is 1.52. The number of methoxy groups -OCH3 is 1. The van der Waals surface area contributed by atoms with E-state index in [1.54, 1.807) is 24.3 Å². The number of pyridine rings is 1. The molecule has 1 heterocycles. The molecule has 132 valence electrons. The molecule has 2 aromatic carbocycles. The van der Waals surface area contributed by atoms with Crippen molar-refractivity contribution in [3.63, 3.8) is 0 Å². The Morgan fingerprint density at radius 1 is 1.15 bits per heavy atom. The van der Waals surface area contributed by atoms with Crippen molar-refractivity contribution < 1.29 is 17.9 Å². The van der Waals surface area contributed by atoms with Crippen molar-refractivity contribution >= 4 is 16.6 Å². The van der Waals surface area contributed by atoms with Crippen LogP contribution in [0.3, 0.4) is 0 Å². The lowest BCUT2D eigenvalue weighted by Crippen LogP contribution is -2.10. The lowest BCUT2D eigenvalue weighted by Gasteiger charge is -2.14. The SMILES string of the molecule is COCCNc1ncc(-c2ccc(C#N)cc2)c2c(F)c(F)c(F)cc12. The second-order valence-corrected chi connectivity index (χ2v) is 5.54. The third-order valence-electron chi connectivity index (χ3n) is 3.93. The molecule has 0 aliphatic rings. The lowest BCUT2D eigenvalue weighted by molar-refractivity contribution is 0.210. The Hall–Kier alpha value is -3.11. The Balaban J connectivity index is 2.22. The van der Waals surface area contributed by atoms with Crippen LogP contribution in [-0.2, 0) is 4.74 Å². The number of aromatic nitrogens is 1. The molecular weight excluding hydrogens is 343 g/mol. The van der Waals surface area contributed by atoms with Crippen LogP contribution < -0.4 is 5.32 Å². The Labute approximate surface area is 147 Å². The molecule has 0 saturated heterocycles. The van der Waals surface area contributed by atoms with Crippen LogP contribution >= 0.6 is 0 Å². The normalized spacial score (nSPS) is 10.7. The van der Waals surface area contributed by atoms with Gasteiger partial charge in [0.25, 0.3) is 0 Å². The van der Waals surface area contributed by atoms with Crippen molar-refractivity contribution in [3.05, 3.63) is 59.5 Å². The number of nitrogens with zero attached hydrogens (tertiary/aromatic N) is 2. The number of benzene rings is 2. The van der Waals surface area contributed by atoms with E-state index >= 15 is 0 Å². The second kappa shape index (κ2) is 7.42. The molecule has 0 spiro atoms. The van der Waals surface area contributed by atoms with E-state index < -0.39 is 17.5 Å². The topological polar surface area (TPSA) is 57.9 Å². The molecule has 0 amide bonds. The monoisotopic (exact) mass is 357 g/mol. The van der Waals surface area contributed by atoms with Gasteiger partial charge in [0.05, 0.1) is 18.2 Å². The van der Waals surface area contributed by atoms with Gasteiger partial charge in [-0.3, -0.25) is 0 Å². The standard InChI is InChI=1S/C19H14F3N3O/c1-26-7-6-24-19-13-8-15(20)17(21)18(22)16(13)14(10-25-19)12-4-2-11(9-23)3-5-12/h2-5,8,10H,6-7H2,1H3,(H,24,25). The molecule has 4 nitrogen and oxygen atoms in total. The highest BCUT2D eigenvalue weighted by atomic mass is 19.2. The first-order valence-corrected chi connectivity index (χ1v) is 7.76. The predicted octanol–water partition coefficient (Wildman–Crippen LogP) is 4.25. The summed E-state index contributed by atoms with van der Waals surface area (Å²) in [6, 6.07) is 9.24. The zero-order valence-electron chi connectivity index (χ0n) is 13.8. The fraction of sp³-hybridized carbons (Fsp3) is 0.158. The molecule has 0 saturated carbocycles. The molecule has 1 N–H and O–H groups in total. The third-order valence-corrected chi connectivity index (χ3v) is 3.93. The largest absolute Gasteiger partial charge is 0.383 e. The fourth-order valence-electron chi connectivity index (χ4n) is 2.66. The molecule has 3 aromatic rings. The molecular formula is C19H14F3N3O. The number of hydrogen-bond donors (Lipinski definition) is 1. The van der Waals surface area contributed by atoms with Crippen LogP contribution in [0.1, 0.15) is 5.56 Å². The first-order valence-electron chi connectivity index (χ1n) is 7.76. The van der Waals surface area contributed by atoms with E-state index in [1.165, 1.54) is 13.3 Å². The van der Waals surface area contributed by atoms with E-state index in [1.807, 2.05) is 6.07 Å². The average Bonchev–Trinajstić information content (AvgIpc) is 2.66. The molecule has 0 unspecified atom stereocenters. The van der Waals surface area contributed by atoms with Gasteiger partial charge in [-0.2, -0.15) is 5.26 Å². The highest BCUT2D eigenvalue weighted by molar-refractivity contribution is 6.02. The van der Waals surface area contributed by atoms with Gasteiger partial charge in [-0.1, -0.05) is 12.1 Å². The smallest absolute Gasteiger partial charge is 0.195 e. The van der Waals surface area contributed by atoms with Crippen LogP contribution in [-0.4, -0.2) is 25.2 Å². The first-order chi connectivity index (χ1) is 12.6. The van der Waals surface area contributed by atoms with Gasteiger partial charge < -0.3 is 10.1 Å². The Morgan fingerprint density at radius 3 is 2.54 bits per heavy atom. The maximum absolute atomic E-state index is 14.6. The Morgan fingerprint density at radius 2 is 1.88 bits per heavy atom. The highest BCUT2D eigenvalue weighted by Gasteiger charge is 2.20. The van der Waals surface area contributed by atoms with Crippen LogP contribution in [0.15, 0.2) is 36.5 Å². The van der Waals surface area contributed by atoms with Gasteiger partial charge in [-0.05, 0) is 23.8 Å². The van der Waals surface area contributed by atoms with Crippen LogP contribution in [0.5, 0.6) is 0 Å². The summed E-state index contributed by atoms with van der Waals surface area (Å²) in [5.74, 6) is -3.88. The number of anilines is 1. The number of ether oxygens (including phenoxy) is 1. The summed E-state index contributed by atoms with van der Waals surface area (Å²) in [4.78, 5) is 4.22. The number of nitriles is 1.